The van der Waals surface area contributed by atoms with Gasteiger partial charge < -0.3 is 15.0 Å². The van der Waals surface area contributed by atoms with Gasteiger partial charge >= 0.3 is 0 Å². The normalized spacial score (nSPS) is 16.5. The van der Waals surface area contributed by atoms with Crippen molar-refractivity contribution in [3.8, 4) is 5.75 Å². The highest BCUT2D eigenvalue weighted by Crippen LogP contribution is 2.31. The van der Waals surface area contributed by atoms with Gasteiger partial charge in [0.25, 0.3) is 5.91 Å². The van der Waals surface area contributed by atoms with E-state index >= 15 is 0 Å². The van der Waals surface area contributed by atoms with Crippen LogP contribution in [0.3, 0.4) is 0 Å². The summed E-state index contributed by atoms with van der Waals surface area (Å²) in [6.45, 7) is 0. The molecule has 0 spiro atoms. The van der Waals surface area contributed by atoms with Gasteiger partial charge in [-0.15, -0.1) is 0 Å². The smallest absolute Gasteiger partial charge is 0.251 e. The number of amides is 1. The third-order valence-electron chi connectivity index (χ3n) is 4.84. The maximum absolute atomic E-state index is 12.5. The number of aryl methyl sites for hydroxylation is 1. The number of methoxy groups -OCH3 is 1. The molecule has 2 aromatic carbocycles. The van der Waals surface area contributed by atoms with E-state index < -0.39 is 0 Å². The van der Waals surface area contributed by atoms with Gasteiger partial charge in [-0.1, -0.05) is 11.6 Å². The Kier molecular flexibility index (Phi) is 4.14. The lowest BCUT2D eigenvalue weighted by Gasteiger charge is -2.23. The molecule has 5 heteroatoms. The first kappa shape index (κ1) is 16.0. The molecular formula is C20H19ClN2O2. The number of nitrogens with one attached hydrogen (secondary N) is 2. The van der Waals surface area contributed by atoms with Crippen molar-refractivity contribution in [2.75, 3.05) is 7.11 Å². The first-order valence-corrected chi connectivity index (χ1v) is 8.76. The maximum atomic E-state index is 12.5. The predicted molar refractivity (Wildman–Crippen MR) is 99.6 cm³/mol. The second kappa shape index (κ2) is 6.45. The second-order valence-corrected chi connectivity index (χ2v) is 6.85. The summed E-state index contributed by atoms with van der Waals surface area (Å²) in [5, 5.41) is 4.96. The molecule has 25 heavy (non-hydrogen) atoms. The lowest BCUT2D eigenvalue weighted by atomic mass is 9.91. The molecule has 0 saturated carbocycles. The van der Waals surface area contributed by atoms with E-state index in [0.29, 0.717) is 10.6 Å². The molecule has 0 radical (unpaired) electrons. The van der Waals surface area contributed by atoms with Gasteiger partial charge in [-0.2, -0.15) is 0 Å². The molecule has 1 aliphatic carbocycles. The van der Waals surface area contributed by atoms with Crippen molar-refractivity contribution in [3.63, 3.8) is 0 Å². The van der Waals surface area contributed by atoms with Crippen molar-refractivity contribution in [3.05, 3.63) is 64.3 Å². The number of halogens is 1. The number of carbonyl (C=O) groups is 1. The first-order valence-electron chi connectivity index (χ1n) is 8.38. The minimum absolute atomic E-state index is 0.0532. The van der Waals surface area contributed by atoms with Gasteiger partial charge in [0.2, 0.25) is 0 Å². The first-order chi connectivity index (χ1) is 12.1. The Balaban J connectivity index is 1.55. The molecule has 0 fully saturated rings. The highest BCUT2D eigenvalue weighted by Gasteiger charge is 2.24. The zero-order valence-electron chi connectivity index (χ0n) is 13.9. The van der Waals surface area contributed by atoms with Crippen molar-refractivity contribution in [2.24, 2.45) is 0 Å². The molecule has 1 aliphatic rings. The van der Waals surface area contributed by atoms with Gasteiger partial charge in [0.15, 0.2) is 0 Å². The fourth-order valence-corrected chi connectivity index (χ4v) is 3.64. The summed E-state index contributed by atoms with van der Waals surface area (Å²) in [4.78, 5) is 16.0. The number of aromatic amines is 1. The number of fused-ring (bicyclic) bond motifs is 3. The van der Waals surface area contributed by atoms with Crippen molar-refractivity contribution in [1.29, 1.82) is 0 Å². The lowest BCUT2D eigenvalue weighted by Crippen LogP contribution is -2.38. The van der Waals surface area contributed by atoms with Crippen LogP contribution < -0.4 is 10.1 Å². The Labute approximate surface area is 151 Å². The minimum atomic E-state index is -0.0532. The Morgan fingerprint density at radius 2 is 2.04 bits per heavy atom. The minimum Gasteiger partial charge on any atom is -0.497 e. The molecule has 0 bridgehead atoms. The Morgan fingerprint density at radius 3 is 2.80 bits per heavy atom. The third kappa shape index (κ3) is 3.10. The fraction of sp³-hybridized carbons (Fsp3) is 0.250. The molecule has 3 aromatic rings. The van der Waals surface area contributed by atoms with Gasteiger partial charge in [-0.05, 0) is 67.3 Å². The van der Waals surface area contributed by atoms with Crippen LogP contribution in [0.4, 0.5) is 0 Å². The standard InChI is InChI=1S/C20H19ClN2O2/c1-25-15-7-9-19-17(11-15)16-10-14(6-8-18(16)23-19)22-20(24)12-2-4-13(21)5-3-12/h2-5,7,9,11,14,23H,6,8,10H2,1H3,(H,22,24). The zero-order valence-corrected chi connectivity index (χ0v) is 14.7. The average Bonchev–Trinajstić information content (AvgIpc) is 2.99. The van der Waals surface area contributed by atoms with Gasteiger partial charge in [0.1, 0.15) is 5.75 Å². The molecular weight excluding hydrogens is 336 g/mol. The summed E-state index contributed by atoms with van der Waals surface area (Å²) in [6, 6.07) is 13.2. The van der Waals surface area contributed by atoms with Crippen molar-refractivity contribution >= 4 is 28.4 Å². The number of rotatable bonds is 3. The van der Waals surface area contributed by atoms with E-state index in [1.807, 2.05) is 12.1 Å². The van der Waals surface area contributed by atoms with Crippen molar-refractivity contribution in [1.82, 2.24) is 10.3 Å². The number of H-pyrrole nitrogens is 1. The predicted octanol–water partition coefficient (Wildman–Crippen LogP) is 4.12. The number of benzene rings is 2. The van der Waals surface area contributed by atoms with E-state index in [0.717, 1.165) is 30.5 Å². The van der Waals surface area contributed by atoms with E-state index in [4.69, 9.17) is 16.3 Å². The largest absolute Gasteiger partial charge is 0.497 e. The van der Waals surface area contributed by atoms with Gasteiger partial charge in [0.05, 0.1) is 7.11 Å². The van der Waals surface area contributed by atoms with Crippen LogP contribution in [0.1, 0.15) is 28.0 Å². The molecule has 1 heterocycles. The van der Waals surface area contributed by atoms with E-state index in [-0.39, 0.29) is 11.9 Å². The SMILES string of the molecule is COc1ccc2[nH]c3c(c2c1)CC(NC(=O)c1ccc(Cl)cc1)CC3. The second-order valence-electron chi connectivity index (χ2n) is 6.41. The number of aromatic nitrogens is 1. The highest BCUT2D eigenvalue weighted by molar-refractivity contribution is 6.30. The number of carbonyl (C=O) groups excluding carboxylic acids is 1. The molecule has 0 aliphatic heterocycles. The molecule has 4 nitrogen and oxygen atoms in total. The van der Waals surface area contributed by atoms with Gasteiger partial charge in [-0.3, -0.25) is 4.79 Å². The topological polar surface area (TPSA) is 54.1 Å². The molecule has 2 N–H and O–H groups in total. The molecule has 1 amide bonds. The average molecular weight is 355 g/mol. The molecule has 128 valence electrons. The van der Waals surface area contributed by atoms with E-state index in [2.05, 4.69) is 16.4 Å². The summed E-state index contributed by atoms with van der Waals surface area (Å²) in [7, 11) is 1.68. The quantitative estimate of drug-likeness (QED) is 0.743. The summed E-state index contributed by atoms with van der Waals surface area (Å²) in [5.74, 6) is 0.796. The van der Waals surface area contributed by atoms with E-state index in [1.54, 1.807) is 31.4 Å². The van der Waals surface area contributed by atoms with Crippen LogP contribution in [0.15, 0.2) is 42.5 Å². The van der Waals surface area contributed by atoms with Crippen LogP contribution >= 0.6 is 11.6 Å². The summed E-state index contributed by atoms with van der Waals surface area (Å²) < 4.78 is 5.35. The van der Waals surface area contributed by atoms with Crippen LogP contribution in [0.2, 0.25) is 5.02 Å². The fourth-order valence-electron chi connectivity index (χ4n) is 3.52. The molecule has 1 unspecified atom stereocenters. The number of hydrogen-bond donors (Lipinski definition) is 2. The third-order valence-corrected chi connectivity index (χ3v) is 5.09. The van der Waals surface area contributed by atoms with Gasteiger partial charge in [-0.25, -0.2) is 0 Å². The van der Waals surface area contributed by atoms with Gasteiger partial charge in [0, 0.05) is 33.2 Å². The number of hydrogen-bond acceptors (Lipinski definition) is 2. The molecule has 1 aromatic heterocycles. The van der Waals surface area contributed by atoms with E-state index in [9.17, 15) is 4.79 Å². The van der Waals surface area contributed by atoms with Crippen LogP contribution in [-0.4, -0.2) is 24.0 Å². The Morgan fingerprint density at radius 1 is 1.24 bits per heavy atom. The van der Waals surface area contributed by atoms with Crippen molar-refractivity contribution in [2.45, 2.75) is 25.3 Å². The number of ether oxygens (including phenoxy) is 1. The summed E-state index contributed by atoms with van der Waals surface area (Å²) >= 11 is 5.89. The van der Waals surface area contributed by atoms with E-state index in [1.165, 1.54) is 16.6 Å². The van der Waals surface area contributed by atoms with Crippen LogP contribution in [-0.2, 0) is 12.8 Å². The highest BCUT2D eigenvalue weighted by atomic mass is 35.5. The maximum Gasteiger partial charge on any atom is 0.251 e. The Bertz CT molecular complexity index is 931. The summed E-state index contributed by atoms with van der Waals surface area (Å²) in [6.07, 6.45) is 2.68. The lowest BCUT2D eigenvalue weighted by molar-refractivity contribution is 0.0933. The van der Waals surface area contributed by atoms with Crippen LogP contribution in [0.25, 0.3) is 10.9 Å². The molecule has 0 saturated heterocycles. The Hall–Kier alpha value is -2.46. The zero-order chi connectivity index (χ0) is 17.4. The van der Waals surface area contributed by atoms with Crippen LogP contribution in [0, 0.1) is 0 Å². The molecule has 1 atom stereocenters. The molecule has 4 rings (SSSR count). The summed E-state index contributed by atoms with van der Waals surface area (Å²) in [5.41, 5.74) is 4.30. The van der Waals surface area contributed by atoms with Crippen molar-refractivity contribution < 1.29 is 9.53 Å². The monoisotopic (exact) mass is 354 g/mol. The van der Waals surface area contributed by atoms with Crippen LogP contribution in [0.5, 0.6) is 5.75 Å².